The van der Waals surface area contributed by atoms with Crippen molar-refractivity contribution in [1.82, 2.24) is 4.90 Å². The van der Waals surface area contributed by atoms with Crippen LogP contribution in [0.2, 0.25) is 0 Å². The monoisotopic (exact) mass is 193 g/mol. The Bertz CT molecular complexity index is 208. The van der Waals surface area contributed by atoms with E-state index >= 15 is 0 Å². The second-order valence-electron chi connectivity index (χ2n) is 2.93. The average molecular weight is 193 g/mol. The molecule has 0 spiro atoms. The number of carboxylic acids is 1. The van der Waals surface area contributed by atoms with Crippen molar-refractivity contribution in [2.75, 3.05) is 6.54 Å². The summed E-state index contributed by atoms with van der Waals surface area (Å²) in [5.41, 5.74) is 0. The summed E-state index contributed by atoms with van der Waals surface area (Å²) < 4.78 is 0. The van der Waals surface area contributed by atoms with Gasteiger partial charge in [-0.3, -0.25) is 4.79 Å². The molecule has 0 N–H and O–H groups in total. The predicted octanol–water partition coefficient (Wildman–Crippen LogP) is -3.86. The number of aliphatic carboxylic acids is 1. The van der Waals surface area contributed by atoms with E-state index in [1.165, 1.54) is 4.90 Å². The number of carbonyl (C=O) groups excluding carboxylic acids is 2. The summed E-state index contributed by atoms with van der Waals surface area (Å²) in [5.74, 6) is -1.21. The number of carbonyl (C=O) groups is 2. The molecule has 1 fully saturated rings. The molecule has 0 radical (unpaired) electrons. The Kier molecular flexibility index (Phi) is 5.60. The van der Waals surface area contributed by atoms with Gasteiger partial charge in [0.1, 0.15) is 0 Å². The maximum atomic E-state index is 11.1. The fraction of sp³-hybridized carbons (Fsp3) is 0.750. The van der Waals surface area contributed by atoms with Gasteiger partial charge in [0.25, 0.3) is 0 Å². The standard InChI is InChI=1S/C8H13NO3.Na/c1-2-6(8(11)12)9-5-3-4-7(9)10;/h6H,2-5H2,1H3,(H,11,12);/q;+1/p-1/t6-;/m0./s1. The van der Waals surface area contributed by atoms with Gasteiger partial charge in [-0.1, -0.05) is 6.92 Å². The number of carboxylic acid groups (broad SMARTS) is 1. The van der Waals surface area contributed by atoms with E-state index in [1.54, 1.807) is 6.92 Å². The first-order valence-electron chi connectivity index (χ1n) is 4.17. The first-order valence-corrected chi connectivity index (χ1v) is 4.17. The van der Waals surface area contributed by atoms with Gasteiger partial charge in [0.15, 0.2) is 0 Å². The van der Waals surface area contributed by atoms with E-state index in [0.29, 0.717) is 19.4 Å². The van der Waals surface area contributed by atoms with Crippen molar-refractivity contribution < 1.29 is 44.3 Å². The van der Waals surface area contributed by atoms with Crippen molar-refractivity contribution in [3.63, 3.8) is 0 Å². The molecule has 4 nitrogen and oxygen atoms in total. The molecule has 1 atom stereocenters. The zero-order valence-corrected chi connectivity index (χ0v) is 10.1. The van der Waals surface area contributed by atoms with Gasteiger partial charge in [-0.05, 0) is 12.8 Å². The molecule has 1 amide bonds. The third-order valence-electron chi connectivity index (χ3n) is 2.15. The van der Waals surface area contributed by atoms with Crippen LogP contribution in [0, 0.1) is 0 Å². The molecule has 0 aromatic heterocycles. The van der Waals surface area contributed by atoms with Gasteiger partial charge < -0.3 is 14.8 Å². The zero-order chi connectivity index (χ0) is 9.14. The number of hydrogen-bond acceptors (Lipinski definition) is 3. The second-order valence-corrected chi connectivity index (χ2v) is 2.93. The van der Waals surface area contributed by atoms with Crippen molar-refractivity contribution in [2.45, 2.75) is 32.2 Å². The van der Waals surface area contributed by atoms with Gasteiger partial charge in [-0.25, -0.2) is 0 Å². The Morgan fingerprint density at radius 3 is 2.62 bits per heavy atom. The van der Waals surface area contributed by atoms with E-state index < -0.39 is 12.0 Å². The minimum Gasteiger partial charge on any atom is -0.548 e. The Balaban J connectivity index is 0.00000144. The summed E-state index contributed by atoms with van der Waals surface area (Å²) in [6.45, 7) is 2.30. The number of rotatable bonds is 3. The maximum Gasteiger partial charge on any atom is 1.00 e. The molecule has 1 heterocycles. The van der Waals surface area contributed by atoms with Crippen molar-refractivity contribution in [2.24, 2.45) is 0 Å². The van der Waals surface area contributed by atoms with Crippen LogP contribution in [0.25, 0.3) is 0 Å². The topological polar surface area (TPSA) is 60.4 Å². The van der Waals surface area contributed by atoms with E-state index in [9.17, 15) is 14.7 Å². The SMILES string of the molecule is CC[C@@H](C(=O)[O-])N1CCCC1=O.[Na+]. The Hall–Kier alpha value is -0.0600. The van der Waals surface area contributed by atoms with E-state index in [2.05, 4.69) is 0 Å². The number of hydrogen-bond donors (Lipinski definition) is 0. The first-order chi connectivity index (χ1) is 5.66. The molecule has 1 rings (SSSR count). The Labute approximate surface area is 99.6 Å². The van der Waals surface area contributed by atoms with Crippen LogP contribution in [0.3, 0.4) is 0 Å². The average Bonchev–Trinajstić information content (AvgIpc) is 2.38. The molecule has 0 aromatic rings. The molecule has 68 valence electrons. The fourth-order valence-corrected chi connectivity index (χ4v) is 1.51. The molecule has 0 aliphatic carbocycles. The largest absolute Gasteiger partial charge is 1.00 e. The van der Waals surface area contributed by atoms with Crippen molar-refractivity contribution in [1.29, 1.82) is 0 Å². The smallest absolute Gasteiger partial charge is 0.548 e. The van der Waals surface area contributed by atoms with Gasteiger partial charge in [-0.2, -0.15) is 0 Å². The summed E-state index contributed by atoms with van der Waals surface area (Å²) in [7, 11) is 0. The molecule has 0 bridgehead atoms. The van der Waals surface area contributed by atoms with Crippen molar-refractivity contribution >= 4 is 11.9 Å². The third-order valence-corrected chi connectivity index (χ3v) is 2.15. The van der Waals surface area contributed by atoms with Crippen LogP contribution in [-0.2, 0) is 9.59 Å². The number of likely N-dealkylation sites (tertiary alicyclic amines) is 1. The second kappa shape index (κ2) is 5.62. The normalized spacial score (nSPS) is 18.2. The molecule has 0 aromatic carbocycles. The summed E-state index contributed by atoms with van der Waals surface area (Å²) >= 11 is 0. The summed E-state index contributed by atoms with van der Waals surface area (Å²) in [5, 5.41) is 10.6. The number of nitrogens with zero attached hydrogens (tertiary/aromatic N) is 1. The minimum absolute atomic E-state index is 0. The van der Waals surface area contributed by atoms with Crippen LogP contribution in [0.4, 0.5) is 0 Å². The molecule has 1 aliphatic rings. The van der Waals surface area contributed by atoms with E-state index in [4.69, 9.17) is 0 Å². The van der Waals surface area contributed by atoms with E-state index in [1.807, 2.05) is 0 Å². The third kappa shape index (κ3) is 2.97. The van der Waals surface area contributed by atoms with Crippen LogP contribution in [0.5, 0.6) is 0 Å². The Morgan fingerprint density at radius 1 is 1.69 bits per heavy atom. The molecule has 0 saturated carbocycles. The first kappa shape index (κ1) is 12.9. The molecule has 1 saturated heterocycles. The molecule has 5 heteroatoms. The zero-order valence-electron chi connectivity index (χ0n) is 8.08. The van der Waals surface area contributed by atoms with Gasteiger partial charge in [-0.15, -0.1) is 0 Å². The van der Waals surface area contributed by atoms with E-state index in [-0.39, 0.29) is 35.5 Å². The predicted molar refractivity (Wildman–Crippen MR) is 40.0 cm³/mol. The van der Waals surface area contributed by atoms with Crippen LogP contribution in [0.1, 0.15) is 26.2 Å². The summed E-state index contributed by atoms with van der Waals surface area (Å²) in [6, 6.07) is -0.722. The minimum atomic E-state index is -1.15. The molecular weight excluding hydrogens is 181 g/mol. The summed E-state index contributed by atoms with van der Waals surface area (Å²) in [6.07, 6.45) is 1.67. The quantitative estimate of drug-likeness (QED) is 0.431. The fourth-order valence-electron chi connectivity index (χ4n) is 1.51. The van der Waals surface area contributed by atoms with Crippen molar-refractivity contribution in [3.8, 4) is 0 Å². The van der Waals surface area contributed by atoms with Crippen molar-refractivity contribution in [3.05, 3.63) is 0 Å². The van der Waals surface area contributed by atoms with Gasteiger partial charge in [0.2, 0.25) is 5.91 Å². The number of amides is 1. The molecule has 13 heavy (non-hydrogen) atoms. The van der Waals surface area contributed by atoms with Gasteiger partial charge >= 0.3 is 29.6 Å². The van der Waals surface area contributed by atoms with Crippen LogP contribution in [-0.4, -0.2) is 29.4 Å². The summed E-state index contributed by atoms with van der Waals surface area (Å²) in [4.78, 5) is 23.1. The molecule has 1 aliphatic heterocycles. The van der Waals surface area contributed by atoms with Crippen LogP contribution < -0.4 is 34.7 Å². The molecule has 0 unspecified atom stereocenters. The van der Waals surface area contributed by atoms with Gasteiger partial charge in [0.05, 0.1) is 12.0 Å². The van der Waals surface area contributed by atoms with Gasteiger partial charge in [0, 0.05) is 13.0 Å². The Morgan fingerprint density at radius 2 is 2.31 bits per heavy atom. The van der Waals surface area contributed by atoms with Crippen LogP contribution >= 0.6 is 0 Å². The maximum absolute atomic E-state index is 11.1. The molecular formula is C8H12NNaO3. The van der Waals surface area contributed by atoms with Crippen LogP contribution in [0.15, 0.2) is 0 Å². The van der Waals surface area contributed by atoms with E-state index in [0.717, 1.165) is 6.42 Å².